The molecule has 0 unspecified atom stereocenters. The molecule has 0 aliphatic carbocycles. The van der Waals surface area contributed by atoms with E-state index in [1.807, 2.05) is 6.07 Å². The van der Waals surface area contributed by atoms with Crippen molar-refractivity contribution in [3.8, 4) is 11.5 Å². The summed E-state index contributed by atoms with van der Waals surface area (Å²) >= 11 is 0. The van der Waals surface area contributed by atoms with Crippen LogP contribution >= 0.6 is 0 Å². The molecule has 24 heavy (non-hydrogen) atoms. The monoisotopic (exact) mass is 338 g/mol. The molecule has 5 heteroatoms. The number of carbonyl (C=O) groups excluding carboxylic acids is 1. The Morgan fingerprint density at radius 1 is 1.25 bits per heavy atom. The number of hydrogen-bond acceptors (Lipinski definition) is 5. The van der Waals surface area contributed by atoms with Crippen LogP contribution in [0.3, 0.4) is 0 Å². The van der Waals surface area contributed by atoms with Crippen molar-refractivity contribution >= 4 is 5.97 Å². The number of phenols is 1. The summed E-state index contributed by atoms with van der Waals surface area (Å²) in [6, 6.07) is 5.18. The Morgan fingerprint density at radius 3 is 2.62 bits per heavy atom. The minimum Gasteiger partial charge on any atom is -0.504 e. The summed E-state index contributed by atoms with van der Waals surface area (Å²) in [6.07, 6.45) is 4.93. The van der Waals surface area contributed by atoms with Crippen LogP contribution in [0.2, 0.25) is 0 Å². The van der Waals surface area contributed by atoms with Crippen molar-refractivity contribution in [2.75, 3.05) is 7.11 Å². The molecule has 5 nitrogen and oxygen atoms in total. The van der Waals surface area contributed by atoms with Gasteiger partial charge >= 0.3 is 5.97 Å². The highest BCUT2D eigenvalue weighted by atomic mass is 16.5. The second kappa shape index (κ2) is 10.9. The number of rotatable bonds is 11. The fraction of sp³-hybridized carbons (Fsp3) is 0.632. The number of carbonyl (C=O) groups is 1. The molecule has 0 heterocycles. The van der Waals surface area contributed by atoms with Gasteiger partial charge in [-0.3, -0.25) is 4.79 Å². The number of hydrogen-bond donors (Lipinski definition) is 2. The molecule has 2 N–H and O–H groups in total. The van der Waals surface area contributed by atoms with Crippen molar-refractivity contribution in [1.29, 1.82) is 0 Å². The third-order valence-electron chi connectivity index (χ3n) is 4.01. The van der Waals surface area contributed by atoms with Crippen molar-refractivity contribution in [3.63, 3.8) is 0 Å². The van der Waals surface area contributed by atoms with Gasteiger partial charge in [-0.05, 0) is 43.4 Å². The van der Waals surface area contributed by atoms with Crippen molar-refractivity contribution in [2.45, 2.75) is 71.0 Å². The third kappa shape index (κ3) is 7.68. The van der Waals surface area contributed by atoms with Crippen molar-refractivity contribution in [2.24, 2.45) is 0 Å². The number of aliphatic hydroxyl groups excluding tert-OH is 1. The van der Waals surface area contributed by atoms with Gasteiger partial charge in [-0.2, -0.15) is 0 Å². The van der Waals surface area contributed by atoms with Gasteiger partial charge in [-0.15, -0.1) is 0 Å². The second-order valence-electron chi connectivity index (χ2n) is 6.16. The van der Waals surface area contributed by atoms with E-state index in [1.165, 1.54) is 14.0 Å². The van der Waals surface area contributed by atoms with Crippen LogP contribution in [0.4, 0.5) is 0 Å². The lowest BCUT2D eigenvalue weighted by atomic mass is 9.99. The normalized spacial score (nSPS) is 13.3. The first-order valence-electron chi connectivity index (χ1n) is 8.67. The summed E-state index contributed by atoms with van der Waals surface area (Å²) in [6.45, 7) is 3.53. The molecule has 0 aliphatic rings. The molecule has 1 rings (SSSR count). The first kappa shape index (κ1) is 20.3. The summed E-state index contributed by atoms with van der Waals surface area (Å²) < 4.78 is 10.4. The van der Waals surface area contributed by atoms with Crippen LogP contribution in [0.1, 0.15) is 57.9 Å². The number of unbranched alkanes of at least 4 members (excludes halogenated alkanes) is 2. The van der Waals surface area contributed by atoms with Gasteiger partial charge < -0.3 is 19.7 Å². The molecule has 0 spiro atoms. The van der Waals surface area contributed by atoms with Gasteiger partial charge in [0.2, 0.25) is 0 Å². The fourth-order valence-corrected chi connectivity index (χ4v) is 2.71. The number of ether oxygens (including phenoxy) is 2. The SMILES string of the molecule is CCCCC[C@H](C[C@@H](O)CCc1ccc(O)c(OC)c1)OC(C)=O. The van der Waals surface area contributed by atoms with Crippen LogP contribution in [-0.4, -0.2) is 35.5 Å². The largest absolute Gasteiger partial charge is 0.504 e. The van der Waals surface area contributed by atoms with E-state index in [2.05, 4.69) is 6.92 Å². The Hall–Kier alpha value is -1.75. The lowest BCUT2D eigenvalue weighted by Gasteiger charge is -2.20. The molecule has 1 aromatic rings. The Balaban J connectivity index is 2.49. The smallest absolute Gasteiger partial charge is 0.302 e. The first-order valence-corrected chi connectivity index (χ1v) is 8.67. The average molecular weight is 338 g/mol. The van der Waals surface area contributed by atoms with Crippen LogP contribution in [0, 0.1) is 0 Å². The summed E-state index contributed by atoms with van der Waals surface area (Å²) in [5.74, 6) is 0.235. The van der Waals surface area contributed by atoms with Gasteiger partial charge in [0.05, 0.1) is 13.2 Å². The first-order chi connectivity index (χ1) is 11.5. The van der Waals surface area contributed by atoms with Crippen molar-refractivity contribution < 1.29 is 24.5 Å². The molecule has 1 aromatic carbocycles. The lowest BCUT2D eigenvalue weighted by Crippen LogP contribution is -2.23. The molecule has 0 aliphatic heterocycles. The van der Waals surface area contributed by atoms with E-state index in [4.69, 9.17) is 9.47 Å². The average Bonchev–Trinajstić information content (AvgIpc) is 2.53. The molecule has 136 valence electrons. The fourth-order valence-electron chi connectivity index (χ4n) is 2.71. The zero-order valence-electron chi connectivity index (χ0n) is 15.0. The van der Waals surface area contributed by atoms with Gasteiger partial charge in [0.15, 0.2) is 11.5 Å². The maximum Gasteiger partial charge on any atom is 0.302 e. The van der Waals surface area contributed by atoms with Gasteiger partial charge in [0.1, 0.15) is 6.10 Å². The Morgan fingerprint density at radius 2 is 2.00 bits per heavy atom. The molecule has 0 saturated carbocycles. The number of methoxy groups -OCH3 is 1. The summed E-state index contributed by atoms with van der Waals surface area (Å²) in [5, 5.41) is 19.9. The number of aryl methyl sites for hydroxylation is 1. The molecule has 0 saturated heterocycles. The van der Waals surface area contributed by atoms with E-state index in [9.17, 15) is 15.0 Å². The molecule has 0 radical (unpaired) electrons. The Kier molecular flexibility index (Phi) is 9.23. The summed E-state index contributed by atoms with van der Waals surface area (Å²) in [7, 11) is 1.51. The quantitative estimate of drug-likeness (QED) is 0.476. The number of aromatic hydroxyl groups is 1. The molecular formula is C19H30O5. The molecule has 2 atom stereocenters. The van der Waals surface area contributed by atoms with Gasteiger partial charge in [0.25, 0.3) is 0 Å². The van der Waals surface area contributed by atoms with Crippen molar-refractivity contribution in [1.82, 2.24) is 0 Å². The molecule has 0 fully saturated rings. The summed E-state index contributed by atoms with van der Waals surface area (Å²) in [4.78, 5) is 11.2. The van der Waals surface area contributed by atoms with Crippen LogP contribution < -0.4 is 4.74 Å². The Labute approximate surface area is 144 Å². The molecule has 0 aromatic heterocycles. The van der Waals surface area contributed by atoms with Crippen molar-refractivity contribution in [3.05, 3.63) is 23.8 Å². The van der Waals surface area contributed by atoms with Crippen LogP contribution in [0.25, 0.3) is 0 Å². The number of benzene rings is 1. The molecular weight excluding hydrogens is 308 g/mol. The van der Waals surface area contributed by atoms with E-state index < -0.39 is 6.10 Å². The molecule has 0 amide bonds. The highest BCUT2D eigenvalue weighted by Crippen LogP contribution is 2.27. The number of esters is 1. The van der Waals surface area contributed by atoms with Gasteiger partial charge in [-0.25, -0.2) is 0 Å². The van der Waals surface area contributed by atoms with E-state index in [0.29, 0.717) is 25.0 Å². The van der Waals surface area contributed by atoms with Crippen LogP contribution in [0.5, 0.6) is 11.5 Å². The van der Waals surface area contributed by atoms with E-state index in [-0.39, 0.29) is 17.8 Å². The molecule has 0 bridgehead atoms. The van der Waals surface area contributed by atoms with E-state index in [0.717, 1.165) is 31.2 Å². The van der Waals surface area contributed by atoms with Gasteiger partial charge in [0, 0.05) is 13.3 Å². The zero-order valence-corrected chi connectivity index (χ0v) is 15.0. The Bertz CT molecular complexity index is 501. The highest BCUT2D eigenvalue weighted by molar-refractivity contribution is 5.66. The van der Waals surface area contributed by atoms with Crippen LogP contribution in [0.15, 0.2) is 18.2 Å². The maximum atomic E-state index is 11.2. The predicted molar refractivity (Wildman–Crippen MR) is 93.3 cm³/mol. The topological polar surface area (TPSA) is 76.0 Å². The van der Waals surface area contributed by atoms with E-state index in [1.54, 1.807) is 12.1 Å². The zero-order chi connectivity index (χ0) is 17.9. The summed E-state index contributed by atoms with van der Waals surface area (Å²) in [5.41, 5.74) is 0.985. The minimum atomic E-state index is -0.532. The maximum absolute atomic E-state index is 11.2. The predicted octanol–water partition coefficient (Wildman–Crippen LogP) is 3.60. The van der Waals surface area contributed by atoms with Crippen LogP contribution in [-0.2, 0) is 16.0 Å². The van der Waals surface area contributed by atoms with E-state index >= 15 is 0 Å². The second-order valence-corrected chi connectivity index (χ2v) is 6.16. The van der Waals surface area contributed by atoms with Gasteiger partial charge in [-0.1, -0.05) is 25.8 Å². The minimum absolute atomic E-state index is 0.104. The number of phenolic OH excluding ortho intramolecular Hbond substituents is 1. The lowest BCUT2D eigenvalue weighted by molar-refractivity contribution is -0.148. The highest BCUT2D eigenvalue weighted by Gasteiger charge is 2.17. The standard InChI is InChI=1S/C19H30O5/c1-4-5-6-7-17(24-14(2)20)13-16(21)10-8-15-9-11-18(22)19(12-15)23-3/h9,11-12,16-17,21-22H,4-8,10,13H2,1-3H3/t16-,17+/m0/s1. The third-order valence-corrected chi connectivity index (χ3v) is 4.01. The number of aliphatic hydroxyl groups is 1.